The molecule has 0 saturated carbocycles. The van der Waals surface area contributed by atoms with E-state index in [1.807, 2.05) is 9.80 Å². The summed E-state index contributed by atoms with van der Waals surface area (Å²) in [6.45, 7) is 3.16. The Balaban J connectivity index is 1.43. The van der Waals surface area contributed by atoms with Crippen LogP contribution in [0.4, 0.5) is 5.88 Å². The number of nitrogens with zero attached hydrogens (tertiary/aromatic N) is 4. The van der Waals surface area contributed by atoms with Gasteiger partial charge in [-0.1, -0.05) is 0 Å². The molecule has 2 aliphatic rings. The van der Waals surface area contributed by atoms with Crippen molar-refractivity contribution in [3.63, 3.8) is 0 Å². The highest BCUT2D eigenvalue weighted by Gasteiger charge is 2.31. The van der Waals surface area contributed by atoms with Gasteiger partial charge in [0, 0.05) is 32.1 Å². The summed E-state index contributed by atoms with van der Waals surface area (Å²) < 4.78 is 11.1. The van der Waals surface area contributed by atoms with Crippen molar-refractivity contribution >= 4 is 11.8 Å². The third-order valence-electron chi connectivity index (χ3n) is 5.25. The fraction of sp³-hybridized carbons (Fsp3) is 0.526. The van der Waals surface area contributed by atoms with E-state index >= 15 is 0 Å². The summed E-state index contributed by atoms with van der Waals surface area (Å²) in [5.41, 5.74) is 0.261. The average Bonchev–Trinajstić information content (AvgIpc) is 3.37. The Bertz CT molecular complexity index is 791. The Morgan fingerprint density at radius 3 is 2.62 bits per heavy atom. The van der Waals surface area contributed by atoms with Crippen LogP contribution in [-0.4, -0.2) is 42.0 Å². The van der Waals surface area contributed by atoms with Crippen molar-refractivity contribution < 1.29 is 13.6 Å². The van der Waals surface area contributed by atoms with Gasteiger partial charge in [0.1, 0.15) is 6.07 Å². The lowest BCUT2D eigenvalue weighted by Gasteiger charge is -2.35. The lowest BCUT2D eigenvalue weighted by atomic mass is 9.94. The number of carbonyl (C=O) groups excluding carboxylic acids is 1. The van der Waals surface area contributed by atoms with Gasteiger partial charge in [-0.2, -0.15) is 10.2 Å². The average molecular weight is 354 g/mol. The molecule has 0 atom stereocenters. The largest absolute Gasteiger partial charge is 0.459 e. The van der Waals surface area contributed by atoms with Crippen LogP contribution in [0.15, 0.2) is 27.2 Å². The number of anilines is 1. The Kier molecular flexibility index (Phi) is 4.65. The SMILES string of the molecule is N#Cc1nc(-c2ccco2)oc1N1CCC(C(=O)N2CCCCC2)CC1. The normalized spacial score (nSPS) is 18.7. The van der Waals surface area contributed by atoms with E-state index in [2.05, 4.69) is 11.1 Å². The topological polar surface area (TPSA) is 86.5 Å². The minimum absolute atomic E-state index is 0.0716. The van der Waals surface area contributed by atoms with Crippen LogP contribution in [0.3, 0.4) is 0 Å². The third kappa shape index (κ3) is 3.19. The molecule has 136 valence electrons. The highest BCUT2D eigenvalue weighted by atomic mass is 16.4. The quantitative estimate of drug-likeness (QED) is 0.842. The summed E-state index contributed by atoms with van der Waals surface area (Å²) in [6.07, 6.45) is 6.55. The van der Waals surface area contributed by atoms with Gasteiger partial charge in [0.2, 0.25) is 17.5 Å². The van der Waals surface area contributed by atoms with E-state index in [0.717, 1.165) is 38.8 Å². The Morgan fingerprint density at radius 2 is 1.96 bits per heavy atom. The molecule has 4 rings (SSSR count). The van der Waals surface area contributed by atoms with E-state index in [9.17, 15) is 10.1 Å². The van der Waals surface area contributed by atoms with Crippen LogP contribution in [0.2, 0.25) is 0 Å². The number of aromatic nitrogens is 1. The van der Waals surface area contributed by atoms with Gasteiger partial charge in [0.15, 0.2) is 5.76 Å². The second-order valence-corrected chi connectivity index (χ2v) is 6.91. The van der Waals surface area contributed by atoms with Gasteiger partial charge in [-0.15, -0.1) is 0 Å². The van der Waals surface area contributed by atoms with Crippen molar-refractivity contribution in [2.45, 2.75) is 32.1 Å². The number of amides is 1. The Hall–Kier alpha value is -2.75. The first kappa shape index (κ1) is 16.7. The van der Waals surface area contributed by atoms with E-state index in [1.165, 1.54) is 6.42 Å². The molecule has 0 aliphatic carbocycles. The number of oxazole rings is 1. The fourth-order valence-corrected chi connectivity index (χ4v) is 3.81. The molecule has 7 nitrogen and oxygen atoms in total. The molecule has 2 aromatic rings. The molecule has 4 heterocycles. The molecule has 0 bridgehead atoms. The maximum absolute atomic E-state index is 12.7. The lowest BCUT2D eigenvalue weighted by Crippen LogP contribution is -2.44. The van der Waals surface area contributed by atoms with Crippen LogP contribution in [0.1, 0.15) is 37.8 Å². The van der Waals surface area contributed by atoms with E-state index in [-0.39, 0.29) is 11.6 Å². The van der Waals surface area contributed by atoms with Crippen LogP contribution >= 0.6 is 0 Å². The molecule has 0 unspecified atom stereocenters. The molecule has 7 heteroatoms. The van der Waals surface area contributed by atoms with E-state index < -0.39 is 0 Å². The Morgan fingerprint density at radius 1 is 1.19 bits per heavy atom. The van der Waals surface area contributed by atoms with Gasteiger partial charge < -0.3 is 18.6 Å². The molecule has 2 fully saturated rings. The van der Waals surface area contributed by atoms with Gasteiger partial charge in [0.05, 0.1) is 6.26 Å². The first-order chi connectivity index (χ1) is 12.8. The predicted molar refractivity (Wildman–Crippen MR) is 94.3 cm³/mol. The number of hydrogen-bond donors (Lipinski definition) is 0. The summed E-state index contributed by atoms with van der Waals surface area (Å²) in [4.78, 5) is 21.0. The monoisotopic (exact) mass is 354 g/mol. The zero-order valence-electron chi connectivity index (χ0n) is 14.7. The second kappa shape index (κ2) is 7.24. The molecule has 2 aliphatic heterocycles. The smallest absolute Gasteiger partial charge is 0.266 e. The predicted octanol–water partition coefficient (Wildman–Crippen LogP) is 3.04. The molecule has 2 aromatic heterocycles. The van der Waals surface area contributed by atoms with Crippen molar-refractivity contribution in [1.82, 2.24) is 9.88 Å². The maximum atomic E-state index is 12.7. The standard InChI is InChI=1S/C19H22N4O3/c20-13-15-19(26-17(21-15)16-5-4-12-25-16)23-10-6-14(7-11-23)18(24)22-8-2-1-3-9-22/h4-5,12,14H,1-3,6-11H2. The molecular weight excluding hydrogens is 332 g/mol. The molecule has 2 saturated heterocycles. The van der Waals surface area contributed by atoms with Crippen molar-refractivity contribution in [3.8, 4) is 17.7 Å². The zero-order chi connectivity index (χ0) is 17.9. The van der Waals surface area contributed by atoms with Crippen molar-refractivity contribution in [1.29, 1.82) is 5.26 Å². The molecule has 1 amide bonds. The number of piperidine rings is 2. The van der Waals surface area contributed by atoms with E-state index in [1.54, 1.807) is 18.4 Å². The first-order valence-corrected chi connectivity index (χ1v) is 9.25. The molecular formula is C19H22N4O3. The number of furan rings is 1. The minimum Gasteiger partial charge on any atom is -0.459 e. The first-order valence-electron chi connectivity index (χ1n) is 9.25. The fourth-order valence-electron chi connectivity index (χ4n) is 3.81. The molecule has 0 N–H and O–H groups in total. The van der Waals surface area contributed by atoms with E-state index in [4.69, 9.17) is 8.83 Å². The maximum Gasteiger partial charge on any atom is 0.266 e. The summed E-state index contributed by atoms with van der Waals surface area (Å²) in [5, 5.41) is 9.38. The van der Waals surface area contributed by atoms with Crippen molar-refractivity contribution in [2.75, 3.05) is 31.1 Å². The van der Waals surface area contributed by atoms with Crippen LogP contribution in [0.5, 0.6) is 0 Å². The number of rotatable bonds is 3. The zero-order valence-corrected chi connectivity index (χ0v) is 14.7. The van der Waals surface area contributed by atoms with Crippen LogP contribution in [0.25, 0.3) is 11.7 Å². The van der Waals surface area contributed by atoms with Crippen LogP contribution in [0, 0.1) is 17.2 Å². The van der Waals surface area contributed by atoms with Crippen molar-refractivity contribution in [3.05, 3.63) is 24.1 Å². The van der Waals surface area contributed by atoms with Crippen molar-refractivity contribution in [2.24, 2.45) is 5.92 Å². The van der Waals surface area contributed by atoms with Gasteiger partial charge in [-0.3, -0.25) is 4.79 Å². The molecule has 0 aromatic carbocycles. The van der Waals surface area contributed by atoms with Gasteiger partial charge in [-0.25, -0.2) is 0 Å². The third-order valence-corrected chi connectivity index (χ3v) is 5.25. The lowest BCUT2D eigenvalue weighted by molar-refractivity contribution is -0.137. The number of nitriles is 1. The summed E-state index contributed by atoms with van der Waals surface area (Å²) >= 11 is 0. The number of likely N-dealkylation sites (tertiary alicyclic amines) is 1. The number of hydrogen-bond acceptors (Lipinski definition) is 6. The van der Waals surface area contributed by atoms with Crippen LogP contribution in [-0.2, 0) is 4.79 Å². The summed E-state index contributed by atoms with van der Waals surface area (Å²) in [5.74, 6) is 1.65. The number of carbonyl (C=O) groups is 1. The minimum atomic E-state index is 0.0716. The van der Waals surface area contributed by atoms with Gasteiger partial charge in [0.25, 0.3) is 5.89 Å². The highest BCUT2D eigenvalue weighted by Crippen LogP contribution is 2.31. The Labute approximate surface area is 152 Å². The summed E-state index contributed by atoms with van der Waals surface area (Å²) in [6, 6.07) is 5.60. The molecule has 26 heavy (non-hydrogen) atoms. The van der Waals surface area contributed by atoms with E-state index in [0.29, 0.717) is 36.5 Å². The summed E-state index contributed by atoms with van der Waals surface area (Å²) in [7, 11) is 0. The molecule has 0 spiro atoms. The molecule has 0 radical (unpaired) electrons. The van der Waals surface area contributed by atoms with Gasteiger partial charge >= 0.3 is 0 Å². The van der Waals surface area contributed by atoms with Crippen LogP contribution < -0.4 is 4.90 Å². The van der Waals surface area contributed by atoms with Gasteiger partial charge in [-0.05, 0) is 44.2 Å². The second-order valence-electron chi connectivity index (χ2n) is 6.91. The highest BCUT2D eigenvalue weighted by molar-refractivity contribution is 5.79.